The normalized spacial score (nSPS) is 14.6. The smallest absolute Gasteiger partial charge is 0.330 e. The number of esters is 1. The summed E-state index contributed by atoms with van der Waals surface area (Å²) < 4.78 is 5.50. The molecule has 2 aromatic carbocycles. The van der Waals surface area contributed by atoms with Crippen LogP contribution in [0.15, 0.2) is 54.6 Å². The largest absolute Gasteiger partial charge is 0.446 e. The summed E-state index contributed by atoms with van der Waals surface area (Å²) in [6.45, 7) is 3.33. The Bertz CT molecular complexity index is 1030. The van der Waals surface area contributed by atoms with Gasteiger partial charge >= 0.3 is 12.0 Å². The van der Waals surface area contributed by atoms with E-state index in [0.717, 1.165) is 4.90 Å². The first-order valence-electron chi connectivity index (χ1n) is 10.0. The summed E-state index contributed by atoms with van der Waals surface area (Å²) in [7, 11) is 1.34. The summed E-state index contributed by atoms with van der Waals surface area (Å²) in [5.74, 6) is -3.51. The lowest BCUT2D eigenvalue weighted by Gasteiger charge is -2.29. The Labute approximate surface area is 184 Å². The van der Waals surface area contributed by atoms with Crippen LogP contribution in [0.4, 0.5) is 4.79 Å². The molecule has 3 rings (SSSR count). The van der Waals surface area contributed by atoms with Crippen LogP contribution in [-0.2, 0) is 14.3 Å². The maximum Gasteiger partial charge on any atom is 0.330 e. The summed E-state index contributed by atoms with van der Waals surface area (Å²) >= 11 is 0. The lowest BCUT2D eigenvalue weighted by molar-refractivity contribution is -0.161. The van der Waals surface area contributed by atoms with Gasteiger partial charge in [0.1, 0.15) is 6.04 Å². The highest BCUT2D eigenvalue weighted by atomic mass is 16.6. The van der Waals surface area contributed by atoms with Crippen LogP contribution in [-0.4, -0.2) is 47.7 Å². The highest BCUT2D eigenvalue weighted by Gasteiger charge is 2.45. The Hall–Kier alpha value is -4.01. The van der Waals surface area contributed by atoms with Crippen LogP contribution in [0.5, 0.6) is 0 Å². The van der Waals surface area contributed by atoms with E-state index >= 15 is 0 Å². The first kappa shape index (κ1) is 22.7. The fourth-order valence-electron chi connectivity index (χ4n) is 3.46. The van der Waals surface area contributed by atoms with E-state index in [1.807, 2.05) is 0 Å². The van der Waals surface area contributed by atoms with E-state index in [1.165, 1.54) is 19.2 Å². The molecule has 0 saturated carbocycles. The van der Waals surface area contributed by atoms with E-state index in [1.54, 1.807) is 56.3 Å². The molecule has 0 aliphatic carbocycles. The summed E-state index contributed by atoms with van der Waals surface area (Å²) in [6, 6.07) is 12.4. The predicted octanol–water partition coefficient (Wildman–Crippen LogP) is 2.05. The van der Waals surface area contributed by atoms with Crippen LogP contribution in [0.25, 0.3) is 0 Å². The number of hydrogen-bond donors (Lipinski definition) is 2. The molecule has 0 bridgehead atoms. The Balaban J connectivity index is 1.91. The van der Waals surface area contributed by atoms with Gasteiger partial charge in [0.15, 0.2) is 0 Å². The minimum Gasteiger partial charge on any atom is -0.446 e. The number of ether oxygens (including phenoxy) is 1. The SMILES string of the molecule is CNC(=O)NC(=O)[C@@H](OC(=O)[C@@H](C(C)C)N1C(=O)c2ccccc2C1=O)c1ccccc1. The average molecular weight is 437 g/mol. The number of nitrogens with zero attached hydrogens (tertiary/aromatic N) is 1. The minimum absolute atomic E-state index is 0.202. The number of hydrogen-bond acceptors (Lipinski definition) is 6. The molecular formula is C23H23N3O6. The van der Waals surface area contributed by atoms with Gasteiger partial charge in [-0.1, -0.05) is 56.3 Å². The van der Waals surface area contributed by atoms with E-state index in [2.05, 4.69) is 10.6 Å². The highest BCUT2D eigenvalue weighted by Crippen LogP contribution is 2.29. The Kier molecular flexibility index (Phi) is 6.67. The zero-order valence-electron chi connectivity index (χ0n) is 17.8. The molecule has 0 fully saturated rings. The van der Waals surface area contributed by atoms with Crippen molar-refractivity contribution in [3.05, 3.63) is 71.3 Å². The third-order valence-electron chi connectivity index (χ3n) is 5.01. The van der Waals surface area contributed by atoms with Crippen LogP contribution in [0, 0.1) is 5.92 Å². The van der Waals surface area contributed by atoms with Gasteiger partial charge in [0.25, 0.3) is 17.7 Å². The van der Waals surface area contributed by atoms with Crippen molar-refractivity contribution < 1.29 is 28.7 Å². The van der Waals surface area contributed by atoms with Gasteiger partial charge in [-0.25, -0.2) is 9.59 Å². The van der Waals surface area contributed by atoms with Gasteiger partial charge in [0.2, 0.25) is 6.10 Å². The second kappa shape index (κ2) is 9.42. The number of carbonyl (C=O) groups excluding carboxylic acids is 5. The van der Waals surface area contributed by atoms with Crippen molar-refractivity contribution in [2.75, 3.05) is 7.05 Å². The zero-order valence-corrected chi connectivity index (χ0v) is 17.8. The number of fused-ring (bicyclic) bond motifs is 1. The maximum atomic E-state index is 13.2. The number of carbonyl (C=O) groups is 5. The van der Waals surface area contributed by atoms with Gasteiger partial charge in [0.05, 0.1) is 11.1 Å². The molecule has 0 aromatic heterocycles. The van der Waals surface area contributed by atoms with Crippen molar-refractivity contribution in [3.63, 3.8) is 0 Å². The van der Waals surface area contributed by atoms with Gasteiger partial charge in [-0.15, -0.1) is 0 Å². The first-order chi connectivity index (χ1) is 15.3. The summed E-state index contributed by atoms with van der Waals surface area (Å²) in [5.41, 5.74) is 0.730. The van der Waals surface area contributed by atoms with Gasteiger partial charge in [-0.2, -0.15) is 0 Å². The van der Waals surface area contributed by atoms with Crippen molar-refractivity contribution >= 4 is 29.7 Å². The number of rotatable bonds is 6. The van der Waals surface area contributed by atoms with Gasteiger partial charge in [-0.3, -0.25) is 24.6 Å². The van der Waals surface area contributed by atoms with E-state index in [4.69, 9.17) is 4.74 Å². The number of benzene rings is 2. The number of nitrogens with one attached hydrogen (secondary N) is 2. The molecule has 9 heteroatoms. The molecular weight excluding hydrogens is 414 g/mol. The van der Waals surface area contributed by atoms with E-state index in [-0.39, 0.29) is 11.1 Å². The van der Waals surface area contributed by atoms with Crippen LogP contribution in [0.1, 0.15) is 46.2 Å². The summed E-state index contributed by atoms with van der Waals surface area (Å²) in [5, 5.41) is 4.34. The lowest BCUT2D eigenvalue weighted by Crippen LogP contribution is -2.50. The first-order valence-corrected chi connectivity index (χ1v) is 10.0. The molecule has 166 valence electrons. The van der Waals surface area contributed by atoms with Crippen molar-refractivity contribution in [2.45, 2.75) is 26.0 Å². The van der Waals surface area contributed by atoms with Crippen LogP contribution >= 0.6 is 0 Å². The van der Waals surface area contributed by atoms with Gasteiger partial charge in [-0.05, 0) is 18.1 Å². The summed E-state index contributed by atoms with van der Waals surface area (Å²) in [4.78, 5) is 64.2. The molecule has 2 atom stereocenters. The van der Waals surface area contributed by atoms with Crippen LogP contribution < -0.4 is 10.6 Å². The Morgan fingerprint density at radius 3 is 1.91 bits per heavy atom. The monoisotopic (exact) mass is 437 g/mol. The topological polar surface area (TPSA) is 122 Å². The molecule has 0 radical (unpaired) electrons. The maximum absolute atomic E-state index is 13.2. The number of urea groups is 1. The van der Waals surface area contributed by atoms with Crippen molar-refractivity contribution in [1.82, 2.24) is 15.5 Å². The molecule has 0 spiro atoms. The molecule has 9 nitrogen and oxygen atoms in total. The van der Waals surface area contributed by atoms with Crippen LogP contribution in [0.3, 0.4) is 0 Å². The lowest BCUT2D eigenvalue weighted by atomic mass is 10.0. The fraction of sp³-hybridized carbons (Fsp3) is 0.261. The number of imide groups is 2. The highest BCUT2D eigenvalue weighted by molar-refractivity contribution is 6.22. The zero-order chi connectivity index (χ0) is 23.4. The molecule has 0 saturated heterocycles. The third-order valence-corrected chi connectivity index (χ3v) is 5.01. The molecule has 2 aromatic rings. The molecule has 2 N–H and O–H groups in total. The van der Waals surface area contributed by atoms with E-state index < -0.39 is 47.8 Å². The van der Waals surface area contributed by atoms with E-state index in [9.17, 15) is 24.0 Å². The molecule has 1 heterocycles. The predicted molar refractivity (Wildman–Crippen MR) is 113 cm³/mol. The molecule has 1 aliphatic rings. The molecule has 0 unspecified atom stereocenters. The average Bonchev–Trinajstić information content (AvgIpc) is 3.03. The quantitative estimate of drug-likeness (QED) is 0.527. The standard InChI is InChI=1S/C23H23N3O6/c1-13(2)17(26-20(28)15-11-7-8-12-16(15)21(26)29)22(30)32-18(14-9-5-4-6-10-14)19(27)25-23(31)24-3/h4-13,17-18H,1-3H3,(H2,24,25,27,31)/t17-,18+/m1/s1. The third kappa shape index (κ3) is 4.36. The minimum atomic E-state index is -1.46. The van der Waals surface area contributed by atoms with Gasteiger partial charge in [0, 0.05) is 12.6 Å². The second-order valence-electron chi connectivity index (χ2n) is 7.51. The van der Waals surface area contributed by atoms with Crippen LogP contribution in [0.2, 0.25) is 0 Å². The van der Waals surface area contributed by atoms with Crippen molar-refractivity contribution in [2.24, 2.45) is 5.92 Å². The van der Waals surface area contributed by atoms with E-state index in [0.29, 0.717) is 5.56 Å². The fourth-order valence-corrected chi connectivity index (χ4v) is 3.46. The molecule has 32 heavy (non-hydrogen) atoms. The molecule has 1 aliphatic heterocycles. The Morgan fingerprint density at radius 2 is 1.41 bits per heavy atom. The number of amides is 5. The van der Waals surface area contributed by atoms with Gasteiger partial charge < -0.3 is 10.1 Å². The second-order valence-corrected chi connectivity index (χ2v) is 7.51. The van der Waals surface area contributed by atoms with Crippen molar-refractivity contribution in [1.29, 1.82) is 0 Å². The Morgan fingerprint density at radius 1 is 0.875 bits per heavy atom. The molecule has 5 amide bonds. The summed E-state index contributed by atoms with van der Waals surface area (Å²) in [6.07, 6.45) is -1.46. The van der Waals surface area contributed by atoms with Crippen molar-refractivity contribution in [3.8, 4) is 0 Å².